The second-order valence-electron chi connectivity index (χ2n) is 2.73. The number of hydrogen-bond acceptors (Lipinski definition) is 1. The second kappa shape index (κ2) is 5.18. The van der Waals surface area contributed by atoms with E-state index in [1.54, 1.807) is 6.08 Å². The van der Waals surface area contributed by atoms with E-state index in [1.807, 2.05) is 18.2 Å². The Hall–Kier alpha value is -1.52. The minimum atomic E-state index is -0.0852. The van der Waals surface area contributed by atoms with Gasteiger partial charge in [-0.25, -0.2) is 0 Å². The van der Waals surface area contributed by atoms with Crippen molar-refractivity contribution in [3.63, 3.8) is 0 Å². The molecule has 0 spiro atoms. The smallest absolute Gasteiger partial charge is 0.104 e. The van der Waals surface area contributed by atoms with Crippen molar-refractivity contribution in [1.29, 1.82) is 0 Å². The molecule has 0 aliphatic heterocycles. The molecule has 0 amide bonds. The highest BCUT2D eigenvalue weighted by Crippen LogP contribution is 2.04. The van der Waals surface area contributed by atoms with E-state index in [9.17, 15) is 0 Å². The summed E-state index contributed by atoms with van der Waals surface area (Å²) in [5.74, 6) is 5.27. The summed E-state index contributed by atoms with van der Waals surface area (Å²) in [6.45, 7) is 1.97. The van der Waals surface area contributed by atoms with Gasteiger partial charge < -0.3 is 5.11 Å². The largest absolute Gasteiger partial charge is 0.384 e. The van der Waals surface area contributed by atoms with Crippen LogP contribution in [0.2, 0.25) is 0 Å². The molecule has 0 aromatic heterocycles. The van der Waals surface area contributed by atoms with Crippen LogP contribution in [0.15, 0.2) is 30.3 Å². The van der Waals surface area contributed by atoms with Crippen LogP contribution < -0.4 is 0 Å². The highest BCUT2D eigenvalue weighted by molar-refractivity contribution is 5.53. The van der Waals surface area contributed by atoms with Crippen LogP contribution in [0.25, 0.3) is 6.08 Å². The van der Waals surface area contributed by atoms with Crippen LogP contribution in [0, 0.1) is 18.8 Å². The zero-order chi connectivity index (χ0) is 9.52. The van der Waals surface area contributed by atoms with Gasteiger partial charge in [0.15, 0.2) is 0 Å². The summed E-state index contributed by atoms with van der Waals surface area (Å²) in [4.78, 5) is 0. The van der Waals surface area contributed by atoms with Gasteiger partial charge in [-0.2, -0.15) is 0 Å². The summed E-state index contributed by atoms with van der Waals surface area (Å²) in [7, 11) is 0. The number of allylic oxidation sites excluding steroid dienone is 1. The molecule has 0 saturated heterocycles. The number of rotatable bonds is 1. The molecule has 0 saturated carbocycles. The molecule has 1 aromatic rings. The van der Waals surface area contributed by atoms with E-state index in [0.29, 0.717) is 0 Å². The molecule has 0 unspecified atom stereocenters. The zero-order valence-electron chi connectivity index (χ0n) is 7.62. The molecule has 1 rings (SSSR count). The SMILES string of the molecule is Cc1cccc(/C=C/C#CCO)c1. The van der Waals surface area contributed by atoms with Gasteiger partial charge in [0, 0.05) is 0 Å². The third-order valence-corrected chi connectivity index (χ3v) is 1.58. The number of benzene rings is 1. The van der Waals surface area contributed by atoms with Gasteiger partial charge in [0.2, 0.25) is 0 Å². The molecule has 0 aliphatic carbocycles. The Labute approximate surface area is 78.7 Å². The highest BCUT2D eigenvalue weighted by Gasteiger charge is 1.84. The molecule has 1 heteroatoms. The second-order valence-corrected chi connectivity index (χ2v) is 2.73. The lowest BCUT2D eigenvalue weighted by molar-refractivity contribution is 0.350. The van der Waals surface area contributed by atoms with E-state index < -0.39 is 0 Å². The van der Waals surface area contributed by atoms with Crippen molar-refractivity contribution >= 4 is 6.08 Å². The Bertz CT molecular complexity index is 353. The summed E-state index contributed by atoms with van der Waals surface area (Å²) in [5, 5.41) is 8.40. The molecule has 1 nitrogen and oxygen atoms in total. The molecule has 66 valence electrons. The van der Waals surface area contributed by atoms with E-state index in [-0.39, 0.29) is 6.61 Å². The van der Waals surface area contributed by atoms with Crippen molar-refractivity contribution in [2.45, 2.75) is 6.92 Å². The molecule has 0 atom stereocenters. The zero-order valence-corrected chi connectivity index (χ0v) is 7.62. The van der Waals surface area contributed by atoms with E-state index >= 15 is 0 Å². The lowest BCUT2D eigenvalue weighted by atomic mass is 10.1. The predicted octanol–water partition coefficient (Wildman–Crippen LogP) is 2.00. The molecular weight excluding hydrogens is 160 g/mol. The average molecular weight is 172 g/mol. The number of hydrogen-bond donors (Lipinski definition) is 1. The Morgan fingerprint density at radius 2 is 2.31 bits per heavy atom. The first-order valence-electron chi connectivity index (χ1n) is 4.15. The van der Waals surface area contributed by atoms with Crippen LogP contribution in [0.4, 0.5) is 0 Å². The summed E-state index contributed by atoms with van der Waals surface area (Å²) in [6, 6.07) is 8.16. The predicted molar refractivity (Wildman–Crippen MR) is 55.1 cm³/mol. The molecular formula is C12H12O. The fourth-order valence-corrected chi connectivity index (χ4v) is 1.02. The van der Waals surface area contributed by atoms with Crippen molar-refractivity contribution in [2.75, 3.05) is 6.61 Å². The van der Waals surface area contributed by atoms with Gasteiger partial charge in [0.1, 0.15) is 6.61 Å². The lowest BCUT2D eigenvalue weighted by Gasteiger charge is -1.93. The van der Waals surface area contributed by atoms with Gasteiger partial charge >= 0.3 is 0 Å². The Kier molecular flexibility index (Phi) is 3.81. The molecule has 13 heavy (non-hydrogen) atoms. The first kappa shape index (κ1) is 9.57. The van der Waals surface area contributed by atoms with Gasteiger partial charge in [0.25, 0.3) is 0 Å². The summed E-state index contributed by atoms with van der Waals surface area (Å²) < 4.78 is 0. The monoisotopic (exact) mass is 172 g/mol. The van der Waals surface area contributed by atoms with Crippen molar-refractivity contribution < 1.29 is 5.11 Å². The Balaban J connectivity index is 2.69. The van der Waals surface area contributed by atoms with Crippen LogP contribution in [0.1, 0.15) is 11.1 Å². The topological polar surface area (TPSA) is 20.2 Å². The average Bonchev–Trinajstić information content (AvgIpc) is 2.13. The van der Waals surface area contributed by atoms with Gasteiger partial charge in [-0.15, -0.1) is 0 Å². The number of aliphatic hydroxyl groups excluding tert-OH is 1. The van der Waals surface area contributed by atoms with Crippen LogP contribution in [-0.4, -0.2) is 11.7 Å². The van der Waals surface area contributed by atoms with E-state index in [4.69, 9.17) is 5.11 Å². The maximum Gasteiger partial charge on any atom is 0.104 e. The van der Waals surface area contributed by atoms with Gasteiger partial charge in [-0.05, 0) is 24.6 Å². The van der Waals surface area contributed by atoms with Crippen LogP contribution in [0.3, 0.4) is 0 Å². The molecule has 0 bridgehead atoms. The lowest BCUT2D eigenvalue weighted by Crippen LogP contribution is -1.74. The van der Waals surface area contributed by atoms with Gasteiger partial charge in [-0.3, -0.25) is 0 Å². The fourth-order valence-electron chi connectivity index (χ4n) is 1.02. The van der Waals surface area contributed by atoms with Crippen molar-refractivity contribution in [1.82, 2.24) is 0 Å². The molecule has 0 radical (unpaired) electrons. The van der Waals surface area contributed by atoms with Crippen molar-refractivity contribution in [3.8, 4) is 11.8 Å². The Morgan fingerprint density at radius 3 is 3.00 bits per heavy atom. The maximum absolute atomic E-state index is 8.40. The standard InChI is InChI=1S/C12H12O/c1-11-6-5-8-12(10-11)7-3-2-4-9-13/h3,5-8,10,13H,9H2,1H3/b7-3+. The van der Waals surface area contributed by atoms with Crippen LogP contribution in [-0.2, 0) is 0 Å². The molecule has 0 fully saturated rings. The fraction of sp³-hybridized carbons (Fsp3) is 0.167. The first-order valence-corrected chi connectivity index (χ1v) is 4.15. The third kappa shape index (κ3) is 3.59. The summed E-state index contributed by atoms with van der Waals surface area (Å²) in [5.41, 5.74) is 2.37. The third-order valence-electron chi connectivity index (χ3n) is 1.58. The van der Waals surface area contributed by atoms with Crippen molar-refractivity contribution in [3.05, 3.63) is 41.5 Å². The number of aliphatic hydroxyl groups is 1. The normalized spacial score (nSPS) is 9.69. The minimum absolute atomic E-state index is 0.0852. The van der Waals surface area contributed by atoms with E-state index in [2.05, 4.69) is 30.9 Å². The van der Waals surface area contributed by atoms with Crippen molar-refractivity contribution in [2.24, 2.45) is 0 Å². The molecule has 0 heterocycles. The van der Waals surface area contributed by atoms with Crippen LogP contribution >= 0.6 is 0 Å². The van der Waals surface area contributed by atoms with Gasteiger partial charge in [-0.1, -0.05) is 41.7 Å². The first-order chi connectivity index (χ1) is 6.33. The summed E-state index contributed by atoms with van der Waals surface area (Å²) >= 11 is 0. The quantitative estimate of drug-likeness (QED) is 0.642. The molecule has 0 aliphatic rings. The molecule has 1 aromatic carbocycles. The van der Waals surface area contributed by atoms with Crippen LogP contribution in [0.5, 0.6) is 0 Å². The Morgan fingerprint density at radius 1 is 1.46 bits per heavy atom. The number of aryl methyl sites for hydroxylation is 1. The van der Waals surface area contributed by atoms with E-state index in [0.717, 1.165) is 5.56 Å². The minimum Gasteiger partial charge on any atom is -0.384 e. The van der Waals surface area contributed by atoms with Gasteiger partial charge in [0.05, 0.1) is 0 Å². The summed E-state index contributed by atoms with van der Waals surface area (Å²) in [6.07, 6.45) is 3.67. The maximum atomic E-state index is 8.40. The highest BCUT2D eigenvalue weighted by atomic mass is 16.2. The van der Waals surface area contributed by atoms with E-state index in [1.165, 1.54) is 5.56 Å². The molecule has 1 N–H and O–H groups in total.